The van der Waals surface area contributed by atoms with Gasteiger partial charge in [-0.1, -0.05) is 113 Å². The van der Waals surface area contributed by atoms with Crippen LogP contribution in [0.1, 0.15) is 215 Å². The first-order valence-corrected chi connectivity index (χ1v) is 25.1. The molecule has 5 heterocycles. The minimum Gasteiger partial charge on any atom is -0.512 e. The normalized spacial score (nSPS) is 21.1. The number of esters is 2. The van der Waals surface area contributed by atoms with Crippen LogP contribution in [-0.4, -0.2) is 55.8 Å². The van der Waals surface area contributed by atoms with Crippen LogP contribution in [0.5, 0.6) is 0 Å². The molecule has 356 valence electrons. The summed E-state index contributed by atoms with van der Waals surface area (Å²) in [5.74, 6) is 0.918. The van der Waals surface area contributed by atoms with Crippen LogP contribution in [0.15, 0.2) is 18.2 Å². The summed E-state index contributed by atoms with van der Waals surface area (Å²) in [4.78, 5) is 44.8. The smallest absolute Gasteiger partial charge is 0.321 e. The van der Waals surface area contributed by atoms with Gasteiger partial charge in [-0.2, -0.15) is 0 Å². The number of hydrogen-bond acceptors (Lipinski definition) is 8. The van der Waals surface area contributed by atoms with E-state index in [1.165, 1.54) is 58.5 Å². The molecule has 0 saturated heterocycles. The van der Waals surface area contributed by atoms with Gasteiger partial charge in [0, 0.05) is 74.2 Å². The Bertz CT molecular complexity index is 2480. The van der Waals surface area contributed by atoms with Crippen molar-refractivity contribution in [1.29, 1.82) is 0 Å². The van der Waals surface area contributed by atoms with Crippen molar-refractivity contribution < 1.29 is 29.3 Å². The Balaban J connectivity index is 1.23. The van der Waals surface area contributed by atoms with Crippen molar-refractivity contribution in [3.63, 3.8) is 0 Å². The minimum atomic E-state index is -1.08. The fraction of sp³-hybridized carbons (Fsp3) is 0.636. The van der Waals surface area contributed by atoms with E-state index in [0.29, 0.717) is 40.9 Å². The standard InChI is InChI=1S/C55H80N4O6/c1-13-39-34(7)41-29-46-48(38(11)60)36(9)43(57-46)27-42-35(8)40(52(58-42)50-51(55(63)64-12)54(62)49-37(10)44(59-53(49)50)28-45(39)56-41)23-24-47(61)65-26-25-33(6)22-16-21-32(5)20-15-19-31(4)18-14-17-30(2)3/h27-35,39-40,51,57,59-60,62H,13-26H2,1-12H3/b42-27?,45-28?,46-29?,48-38-/t31-,32-,33?,34-,35+,39-,40+,51-/m1/s1. The van der Waals surface area contributed by atoms with Gasteiger partial charge in [-0.15, -0.1) is 0 Å². The van der Waals surface area contributed by atoms with Crippen molar-refractivity contribution >= 4 is 45.5 Å². The molecule has 8 bridgehead atoms. The monoisotopic (exact) mass is 893 g/mol. The number of methoxy groups -OCH3 is 1. The van der Waals surface area contributed by atoms with Crippen LogP contribution < -0.4 is 10.4 Å². The highest BCUT2D eigenvalue weighted by atomic mass is 16.5. The molecule has 0 spiro atoms. The van der Waals surface area contributed by atoms with Gasteiger partial charge in [0.1, 0.15) is 11.7 Å². The molecule has 0 amide bonds. The number of hydrogen-bond donors (Lipinski definition) is 4. The first-order valence-electron chi connectivity index (χ1n) is 25.1. The lowest BCUT2D eigenvalue weighted by Gasteiger charge is -2.19. The molecule has 3 aliphatic rings. The molecule has 10 nitrogen and oxygen atoms in total. The number of aliphatic hydroxyl groups is 2. The molecular formula is C55H80N4O6. The predicted molar refractivity (Wildman–Crippen MR) is 264 cm³/mol. The van der Waals surface area contributed by atoms with Gasteiger partial charge in [-0.25, -0.2) is 0 Å². The van der Waals surface area contributed by atoms with Crippen molar-refractivity contribution in [2.75, 3.05) is 13.7 Å². The van der Waals surface area contributed by atoms with Crippen molar-refractivity contribution in [1.82, 2.24) is 19.9 Å². The second kappa shape index (κ2) is 21.8. The number of nitrogens with one attached hydrogen (secondary N) is 2. The van der Waals surface area contributed by atoms with E-state index < -0.39 is 11.9 Å². The summed E-state index contributed by atoms with van der Waals surface area (Å²) < 4.78 is 11.2. The Labute approximate surface area is 388 Å². The largest absolute Gasteiger partial charge is 0.512 e. The molecule has 6 rings (SSSR count). The van der Waals surface area contributed by atoms with Crippen LogP contribution >= 0.6 is 0 Å². The zero-order valence-corrected chi connectivity index (χ0v) is 41.7. The van der Waals surface area contributed by atoms with E-state index in [2.05, 4.69) is 77.5 Å². The van der Waals surface area contributed by atoms with E-state index in [-0.39, 0.29) is 47.6 Å². The molecular weight excluding hydrogens is 813 g/mol. The third-order valence-corrected chi connectivity index (χ3v) is 15.3. The van der Waals surface area contributed by atoms with Crippen LogP contribution in [-0.2, 0) is 19.1 Å². The number of aryl methyl sites for hydroxylation is 2. The lowest BCUT2D eigenvalue weighted by atomic mass is 9.84. The van der Waals surface area contributed by atoms with Crippen molar-refractivity contribution in [2.24, 2.45) is 23.7 Å². The van der Waals surface area contributed by atoms with Crippen LogP contribution in [0, 0.1) is 37.5 Å². The van der Waals surface area contributed by atoms with Crippen molar-refractivity contribution in [3.05, 3.63) is 68.1 Å². The summed E-state index contributed by atoms with van der Waals surface area (Å²) >= 11 is 0. The number of carbonyl (C=O) groups excluding carboxylic acids is 2. The molecule has 1 aliphatic carbocycles. The first-order chi connectivity index (χ1) is 30.9. The number of nitrogens with zero attached hydrogens (tertiary/aromatic N) is 2. The number of aromatic nitrogens is 4. The summed E-state index contributed by atoms with van der Waals surface area (Å²) in [6.07, 6.45) is 13.9. The number of carbonyl (C=O) groups is 2. The van der Waals surface area contributed by atoms with E-state index in [9.17, 15) is 19.8 Å². The van der Waals surface area contributed by atoms with Crippen LogP contribution in [0.2, 0.25) is 0 Å². The summed E-state index contributed by atoms with van der Waals surface area (Å²) in [6.45, 7) is 24.2. The van der Waals surface area contributed by atoms with Gasteiger partial charge in [0.15, 0.2) is 0 Å². The number of rotatable bonds is 20. The summed E-state index contributed by atoms with van der Waals surface area (Å²) in [5.41, 5.74) is 8.55. The fourth-order valence-corrected chi connectivity index (χ4v) is 11.0. The van der Waals surface area contributed by atoms with Gasteiger partial charge in [0.2, 0.25) is 0 Å². The van der Waals surface area contributed by atoms with Gasteiger partial charge >= 0.3 is 11.9 Å². The maximum Gasteiger partial charge on any atom is 0.321 e. The predicted octanol–water partition coefficient (Wildman–Crippen LogP) is 12.5. The number of aliphatic hydroxyl groups excluding tert-OH is 2. The molecule has 2 aliphatic heterocycles. The molecule has 0 saturated carbocycles. The molecule has 8 atom stereocenters. The second-order valence-electron chi connectivity index (χ2n) is 20.8. The minimum absolute atomic E-state index is 0.0683. The Hall–Kier alpha value is -4.60. The van der Waals surface area contributed by atoms with E-state index in [1.54, 1.807) is 6.92 Å². The van der Waals surface area contributed by atoms with E-state index in [1.807, 2.05) is 19.9 Å². The molecule has 3 aromatic heterocycles. The summed E-state index contributed by atoms with van der Waals surface area (Å²) in [7, 11) is 1.33. The highest BCUT2D eigenvalue weighted by molar-refractivity contribution is 5.96. The van der Waals surface area contributed by atoms with Crippen LogP contribution in [0.4, 0.5) is 0 Å². The zero-order valence-electron chi connectivity index (χ0n) is 41.7. The topological polar surface area (TPSA) is 150 Å². The SMILES string of the molecule is CC[C@H]1c2cc3[nH]c4c(c5nc(cc6[nH]c(cc(n2)[C@@H]1C)/c(=C(/C)O)c6C)[C@@H](C)[C@@H]5CCC(=O)OCCC(C)CCC[C@H](C)CCC[C@H](C)CCCC(C)C)[C@@H](C(=O)OC)C(O)=c4c3C. The average molecular weight is 893 g/mol. The van der Waals surface area contributed by atoms with Crippen LogP contribution in [0.3, 0.4) is 0 Å². The van der Waals surface area contributed by atoms with Gasteiger partial charge in [-0.3, -0.25) is 19.6 Å². The Kier molecular flexibility index (Phi) is 16.7. The van der Waals surface area contributed by atoms with E-state index in [0.717, 1.165) is 87.0 Å². The number of aromatic amines is 2. The maximum absolute atomic E-state index is 13.7. The molecule has 0 aromatic carbocycles. The number of fused-ring (bicyclic) bond motifs is 8. The first kappa shape index (κ1) is 49.8. The van der Waals surface area contributed by atoms with Gasteiger partial charge in [-0.05, 0) is 93.0 Å². The summed E-state index contributed by atoms with van der Waals surface area (Å²) in [5, 5.41) is 24.2. The van der Waals surface area contributed by atoms with E-state index >= 15 is 0 Å². The molecule has 4 N–H and O–H groups in total. The zero-order chi connectivity index (χ0) is 47.3. The Morgan fingerprint density at radius 2 is 1.31 bits per heavy atom. The Morgan fingerprint density at radius 1 is 0.754 bits per heavy atom. The molecule has 3 aromatic rings. The third-order valence-electron chi connectivity index (χ3n) is 15.3. The highest BCUT2D eigenvalue weighted by Gasteiger charge is 2.42. The van der Waals surface area contributed by atoms with Gasteiger partial charge < -0.3 is 29.7 Å². The molecule has 65 heavy (non-hydrogen) atoms. The average Bonchev–Trinajstić information content (AvgIpc) is 4.00. The van der Waals surface area contributed by atoms with Crippen molar-refractivity contribution in [2.45, 2.75) is 189 Å². The molecule has 0 radical (unpaired) electrons. The molecule has 1 unspecified atom stereocenters. The van der Waals surface area contributed by atoms with E-state index in [4.69, 9.17) is 19.4 Å². The van der Waals surface area contributed by atoms with Crippen molar-refractivity contribution in [3.8, 4) is 0 Å². The van der Waals surface area contributed by atoms with Gasteiger partial charge in [0.25, 0.3) is 0 Å². The number of H-pyrrole nitrogens is 2. The Morgan fingerprint density at radius 3 is 1.91 bits per heavy atom. The molecule has 10 heteroatoms. The summed E-state index contributed by atoms with van der Waals surface area (Å²) in [6, 6.07) is 6.14. The highest BCUT2D eigenvalue weighted by Crippen LogP contribution is 2.46. The third kappa shape index (κ3) is 11.2. The fourth-order valence-electron chi connectivity index (χ4n) is 11.0. The maximum atomic E-state index is 13.7. The van der Waals surface area contributed by atoms with Crippen LogP contribution in [0.25, 0.3) is 33.6 Å². The van der Waals surface area contributed by atoms with Gasteiger partial charge in [0.05, 0.1) is 36.2 Å². The second-order valence-corrected chi connectivity index (χ2v) is 20.8. The quantitative estimate of drug-likeness (QED) is 0.0819. The lowest BCUT2D eigenvalue weighted by molar-refractivity contribution is -0.144. The number of ether oxygens (including phenoxy) is 2. The molecule has 0 fully saturated rings. The lowest BCUT2D eigenvalue weighted by Crippen LogP contribution is -2.18.